The summed E-state index contributed by atoms with van der Waals surface area (Å²) in [4.78, 5) is 18.7. The topological polar surface area (TPSA) is 57.3 Å². The largest absolute Gasteiger partial charge is 0.351 e. The second-order valence-corrected chi connectivity index (χ2v) is 5.74. The molecule has 1 aliphatic heterocycles. The van der Waals surface area contributed by atoms with Gasteiger partial charge in [-0.1, -0.05) is 36.4 Å². The van der Waals surface area contributed by atoms with E-state index in [1.807, 2.05) is 42.6 Å². The van der Waals surface area contributed by atoms with Crippen molar-refractivity contribution >= 4 is 18.3 Å². The normalized spacial score (nSPS) is 17.8. The van der Waals surface area contributed by atoms with Gasteiger partial charge in [0, 0.05) is 44.6 Å². The van der Waals surface area contributed by atoms with Crippen LogP contribution >= 0.6 is 12.4 Å². The zero-order chi connectivity index (χ0) is 15.9. The van der Waals surface area contributed by atoms with Crippen LogP contribution in [0, 0.1) is 0 Å². The number of carbonyl (C=O) groups excluding carboxylic acids is 1. The van der Waals surface area contributed by atoms with Crippen molar-refractivity contribution in [2.75, 3.05) is 26.2 Å². The first-order valence-corrected chi connectivity index (χ1v) is 7.98. The van der Waals surface area contributed by atoms with Gasteiger partial charge < -0.3 is 10.6 Å². The fourth-order valence-corrected chi connectivity index (χ4v) is 2.87. The average molecular weight is 347 g/mol. The molecule has 3 rings (SSSR count). The molecule has 6 heteroatoms. The number of halogens is 1. The second kappa shape index (κ2) is 9.37. The first kappa shape index (κ1) is 18.4. The number of aromatic nitrogens is 1. The summed E-state index contributed by atoms with van der Waals surface area (Å²) in [6.07, 6.45) is 3.66. The summed E-state index contributed by atoms with van der Waals surface area (Å²) in [6, 6.07) is 14.2. The highest BCUT2D eigenvalue weighted by Gasteiger charge is 2.25. The smallest absolute Gasteiger partial charge is 0.234 e. The number of nitrogens with one attached hydrogen (secondary N) is 2. The van der Waals surface area contributed by atoms with E-state index < -0.39 is 0 Å². The molecule has 0 spiro atoms. The van der Waals surface area contributed by atoms with Crippen molar-refractivity contribution in [3.05, 3.63) is 66.0 Å². The Hall–Kier alpha value is -1.95. The maximum Gasteiger partial charge on any atom is 0.234 e. The van der Waals surface area contributed by atoms with Crippen LogP contribution in [0.3, 0.4) is 0 Å². The van der Waals surface area contributed by atoms with Crippen LogP contribution in [-0.4, -0.2) is 42.0 Å². The molecular weight excluding hydrogens is 324 g/mol. The fourth-order valence-electron chi connectivity index (χ4n) is 2.87. The summed E-state index contributed by atoms with van der Waals surface area (Å²) in [5.74, 6) is 0.0599. The van der Waals surface area contributed by atoms with Gasteiger partial charge in [-0.25, -0.2) is 0 Å². The van der Waals surface area contributed by atoms with E-state index >= 15 is 0 Å². The molecule has 0 saturated carbocycles. The standard InChI is InChI=1S/C18H22N4O.ClH/c23-18(21-11-15-5-2-1-3-6-15)14-22-10-9-20-13-17(22)16-7-4-8-19-12-16;/h1-8,12,17,20H,9-11,13-14H2,(H,21,23);1H. The Balaban J connectivity index is 0.00000208. The lowest BCUT2D eigenvalue weighted by Crippen LogP contribution is -2.49. The molecular formula is C18H23ClN4O. The summed E-state index contributed by atoms with van der Waals surface area (Å²) < 4.78 is 0. The zero-order valence-corrected chi connectivity index (χ0v) is 14.3. The maximum atomic E-state index is 12.3. The van der Waals surface area contributed by atoms with Crippen LogP contribution in [0.4, 0.5) is 0 Å². The van der Waals surface area contributed by atoms with Gasteiger partial charge in [-0.3, -0.25) is 14.7 Å². The molecule has 1 amide bonds. The van der Waals surface area contributed by atoms with Crippen LogP contribution in [0.2, 0.25) is 0 Å². The Morgan fingerprint density at radius 2 is 2.08 bits per heavy atom. The lowest BCUT2D eigenvalue weighted by molar-refractivity contribution is -0.123. The summed E-state index contributed by atoms with van der Waals surface area (Å²) in [5.41, 5.74) is 2.26. The lowest BCUT2D eigenvalue weighted by atomic mass is 10.1. The highest BCUT2D eigenvalue weighted by molar-refractivity contribution is 5.85. The third kappa shape index (κ3) is 5.03. The van der Waals surface area contributed by atoms with Gasteiger partial charge in [-0.15, -0.1) is 12.4 Å². The first-order chi connectivity index (χ1) is 11.3. The van der Waals surface area contributed by atoms with Crippen molar-refractivity contribution in [3.8, 4) is 0 Å². The molecule has 1 fully saturated rings. The van der Waals surface area contributed by atoms with E-state index in [0.29, 0.717) is 13.1 Å². The van der Waals surface area contributed by atoms with Gasteiger partial charge in [-0.2, -0.15) is 0 Å². The second-order valence-electron chi connectivity index (χ2n) is 5.74. The van der Waals surface area contributed by atoms with Crippen LogP contribution < -0.4 is 10.6 Å². The predicted octanol–water partition coefficient (Wildman–Crippen LogP) is 1.77. The number of benzene rings is 1. The van der Waals surface area contributed by atoms with E-state index in [1.165, 1.54) is 0 Å². The number of amides is 1. The quantitative estimate of drug-likeness (QED) is 0.866. The molecule has 1 aliphatic rings. The van der Waals surface area contributed by atoms with Crippen LogP contribution in [0.15, 0.2) is 54.9 Å². The summed E-state index contributed by atoms with van der Waals surface area (Å²) >= 11 is 0. The van der Waals surface area contributed by atoms with Crippen molar-refractivity contribution in [1.29, 1.82) is 0 Å². The maximum absolute atomic E-state index is 12.3. The Kier molecular flexibility index (Phi) is 7.18. The van der Waals surface area contributed by atoms with E-state index in [4.69, 9.17) is 0 Å². The van der Waals surface area contributed by atoms with Crippen LogP contribution in [-0.2, 0) is 11.3 Å². The van der Waals surface area contributed by atoms with E-state index in [9.17, 15) is 4.79 Å². The van der Waals surface area contributed by atoms with Gasteiger partial charge in [0.05, 0.1) is 6.54 Å². The number of rotatable bonds is 5. The molecule has 128 valence electrons. The molecule has 0 bridgehead atoms. The minimum absolute atomic E-state index is 0. The molecule has 2 N–H and O–H groups in total. The van der Waals surface area contributed by atoms with E-state index in [1.54, 1.807) is 6.20 Å². The molecule has 2 aromatic rings. The van der Waals surface area contributed by atoms with Gasteiger partial charge in [0.25, 0.3) is 0 Å². The van der Waals surface area contributed by atoms with Gasteiger partial charge in [0.2, 0.25) is 5.91 Å². The zero-order valence-electron chi connectivity index (χ0n) is 13.5. The van der Waals surface area contributed by atoms with Crippen LogP contribution in [0.25, 0.3) is 0 Å². The molecule has 0 radical (unpaired) electrons. The average Bonchev–Trinajstić information content (AvgIpc) is 2.62. The molecule has 0 aliphatic carbocycles. The summed E-state index contributed by atoms with van der Waals surface area (Å²) in [7, 11) is 0. The SMILES string of the molecule is Cl.O=C(CN1CCNCC1c1cccnc1)NCc1ccccc1. The highest BCUT2D eigenvalue weighted by Crippen LogP contribution is 2.20. The molecule has 1 saturated heterocycles. The number of hydrogen-bond donors (Lipinski definition) is 2. The van der Waals surface area contributed by atoms with Gasteiger partial charge in [0.1, 0.15) is 0 Å². The highest BCUT2D eigenvalue weighted by atomic mass is 35.5. The Morgan fingerprint density at radius 1 is 1.25 bits per heavy atom. The molecule has 1 aromatic heterocycles. The minimum atomic E-state index is 0. The summed E-state index contributed by atoms with van der Waals surface area (Å²) in [5, 5.41) is 6.39. The number of carbonyl (C=O) groups is 1. The Labute approximate surface area is 148 Å². The number of nitrogens with zero attached hydrogens (tertiary/aromatic N) is 2. The number of hydrogen-bond acceptors (Lipinski definition) is 4. The third-order valence-electron chi connectivity index (χ3n) is 4.10. The molecule has 1 unspecified atom stereocenters. The Bertz CT molecular complexity index is 623. The van der Waals surface area contributed by atoms with E-state index in [-0.39, 0.29) is 24.4 Å². The molecule has 24 heavy (non-hydrogen) atoms. The number of piperazine rings is 1. The molecule has 1 atom stereocenters. The van der Waals surface area contributed by atoms with Crippen LogP contribution in [0.1, 0.15) is 17.2 Å². The van der Waals surface area contributed by atoms with Crippen molar-refractivity contribution in [1.82, 2.24) is 20.5 Å². The Morgan fingerprint density at radius 3 is 2.83 bits per heavy atom. The van der Waals surface area contributed by atoms with Crippen molar-refractivity contribution in [3.63, 3.8) is 0 Å². The third-order valence-corrected chi connectivity index (χ3v) is 4.10. The summed E-state index contributed by atoms with van der Waals surface area (Å²) in [6.45, 7) is 3.59. The van der Waals surface area contributed by atoms with Crippen molar-refractivity contribution in [2.24, 2.45) is 0 Å². The molecule has 1 aromatic carbocycles. The van der Waals surface area contributed by atoms with Crippen molar-refractivity contribution < 1.29 is 4.79 Å². The predicted molar refractivity (Wildman–Crippen MR) is 97.0 cm³/mol. The van der Waals surface area contributed by atoms with Gasteiger partial charge in [-0.05, 0) is 17.2 Å². The molecule has 2 heterocycles. The fraction of sp³-hybridized carbons (Fsp3) is 0.333. The minimum Gasteiger partial charge on any atom is -0.351 e. The monoisotopic (exact) mass is 346 g/mol. The van der Waals surface area contributed by atoms with Gasteiger partial charge in [0.15, 0.2) is 0 Å². The van der Waals surface area contributed by atoms with E-state index in [0.717, 1.165) is 30.8 Å². The van der Waals surface area contributed by atoms with Crippen LogP contribution in [0.5, 0.6) is 0 Å². The first-order valence-electron chi connectivity index (χ1n) is 7.98. The molecule has 5 nitrogen and oxygen atoms in total. The van der Waals surface area contributed by atoms with Crippen molar-refractivity contribution in [2.45, 2.75) is 12.6 Å². The van der Waals surface area contributed by atoms with Gasteiger partial charge >= 0.3 is 0 Å². The lowest BCUT2D eigenvalue weighted by Gasteiger charge is -2.35. The number of pyridine rings is 1. The van der Waals surface area contributed by atoms with E-state index in [2.05, 4.69) is 26.6 Å².